The molecule has 1 aromatic heterocycles. The Kier molecular flexibility index (Phi) is 6.94. The number of nitrogens with two attached hydrogens (primary N) is 1. The predicted molar refractivity (Wildman–Crippen MR) is 128 cm³/mol. The zero-order chi connectivity index (χ0) is 22.5. The molecule has 0 bridgehead atoms. The van der Waals surface area contributed by atoms with E-state index >= 15 is 0 Å². The van der Waals surface area contributed by atoms with Crippen molar-refractivity contribution in [1.82, 2.24) is 25.1 Å². The molecule has 4 rings (SSSR count). The molecule has 2 aromatic carbocycles. The molecule has 0 aliphatic carbocycles. The van der Waals surface area contributed by atoms with Crippen LogP contribution in [0.25, 0.3) is 10.9 Å². The third kappa shape index (κ3) is 5.40. The number of likely N-dealkylation sites (tertiary alicyclic amines) is 1. The summed E-state index contributed by atoms with van der Waals surface area (Å²) in [5.41, 5.74) is 9.00. The Morgan fingerprint density at radius 2 is 2.00 bits per heavy atom. The molecule has 4 N–H and O–H groups in total. The molecule has 1 unspecified atom stereocenters. The molecule has 1 aliphatic rings. The third-order valence-corrected chi connectivity index (χ3v) is 5.82. The van der Waals surface area contributed by atoms with Crippen molar-refractivity contribution in [2.75, 3.05) is 45.6 Å². The first-order valence-electron chi connectivity index (χ1n) is 11.0. The summed E-state index contributed by atoms with van der Waals surface area (Å²) in [6, 6.07) is 13.7. The first-order chi connectivity index (χ1) is 15.5. The SMILES string of the molecule is CN(C)CCN1CCC(NC(=O)c2ccc3c(Nc4ccc(CN)cc4)ncnc3c2)C1. The molecule has 3 aromatic rings. The number of anilines is 2. The van der Waals surface area contributed by atoms with Gasteiger partial charge in [0.2, 0.25) is 0 Å². The maximum absolute atomic E-state index is 12.8. The Balaban J connectivity index is 1.42. The fourth-order valence-corrected chi connectivity index (χ4v) is 3.92. The Labute approximate surface area is 188 Å². The number of carbonyl (C=O) groups is 1. The second-order valence-corrected chi connectivity index (χ2v) is 8.54. The number of likely N-dealkylation sites (N-methyl/N-ethyl adjacent to an activating group) is 1. The van der Waals surface area contributed by atoms with E-state index in [2.05, 4.69) is 44.5 Å². The van der Waals surface area contributed by atoms with Crippen LogP contribution in [0.15, 0.2) is 48.8 Å². The highest BCUT2D eigenvalue weighted by Crippen LogP contribution is 2.24. The smallest absolute Gasteiger partial charge is 0.251 e. The van der Waals surface area contributed by atoms with Gasteiger partial charge < -0.3 is 21.3 Å². The highest BCUT2D eigenvalue weighted by molar-refractivity contribution is 6.00. The molecule has 168 valence electrons. The second-order valence-electron chi connectivity index (χ2n) is 8.54. The number of hydrogen-bond acceptors (Lipinski definition) is 7. The number of rotatable bonds is 8. The Bertz CT molecular complexity index is 1070. The Hall–Kier alpha value is -3.07. The van der Waals surface area contributed by atoms with Crippen molar-refractivity contribution in [3.05, 3.63) is 59.9 Å². The summed E-state index contributed by atoms with van der Waals surface area (Å²) in [4.78, 5) is 26.2. The molecule has 8 nitrogen and oxygen atoms in total. The van der Waals surface area contributed by atoms with Crippen LogP contribution in [0.2, 0.25) is 0 Å². The minimum atomic E-state index is -0.0585. The third-order valence-electron chi connectivity index (χ3n) is 5.82. The van der Waals surface area contributed by atoms with E-state index in [1.165, 1.54) is 6.33 Å². The largest absolute Gasteiger partial charge is 0.348 e. The monoisotopic (exact) mass is 433 g/mol. The molecule has 8 heteroatoms. The molecule has 0 spiro atoms. The topological polar surface area (TPSA) is 99.4 Å². The average molecular weight is 434 g/mol. The van der Waals surface area contributed by atoms with Crippen LogP contribution in [0.4, 0.5) is 11.5 Å². The van der Waals surface area contributed by atoms with Gasteiger partial charge in [-0.2, -0.15) is 0 Å². The van der Waals surface area contributed by atoms with Crippen molar-refractivity contribution in [2.24, 2.45) is 5.73 Å². The van der Waals surface area contributed by atoms with Crippen LogP contribution >= 0.6 is 0 Å². The number of aromatic nitrogens is 2. The van der Waals surface area contributed by atoms with Crippen LogP contribution in [0.1, 0.15) is 22.3 Å². The number of fused-ring (bicyclic) bond motifs is 1. The van der Waals surface area contributed by atoms with Gasteiger partial charge in [-0.3, -0.25) is 9.69 Å². The second kappa shape index (κ2) is 10.0. The fraction of sp³-hybridized carbons (Fsp3) is 0.375. The van der Waals surface area contributed by atoms with Crippen molar-refractivity contribution in [1.29, 1.82) is 0 Å². The lowest BCUT2D eigenvalue weighted by Gasteiger charge is -2.19. The van der Waals surface area contributed by atoms with Gasteiger partial charge in [0, 0.05) is 55.4 Å². The van der Waals surface area contributed by atoms with Crippen LogP contribution in [-0.2, 0) is 6.54 Å². The van der Waals surface area contributed by atoms with Gasteiger partial charge in [-0.05, 0) is 56.4 Å². The summed E-state index contributed by atoms with van der Waals surface area (Å²) >= 11 is 0. The summed E-state index contributed by atoms with van der Waals surface area (Å²) in [5, 5.41) is 7.37. The maximum Gasteiger partial charge on any atom is 0.251 e. The van der Waals surface area contributed by atoms with Crippen LogP contribution in [0.5, 0.6) is 0 Å². The zero-order valence-electron chi connectivity index (χ0n) is 18.7. The highest BCUT2D eigenvalue weighted by atomic mass is 16.1. The molecule has 32 heavy (non-hydrogen) atoms. The van der Waals surface area contributed by atoms with Gasteiger partial charge in [0.05, 0.1) is 5.52 Å². The number of carbonyl (C=O) groups excluding carboxylic acids is 1. The van der Waals surface area contributed by atoms with Crippen LogP contribution in [-0.4, -0.2) is 72.0 Å². The summed E-state index contributed by atoms with van der Waals surface area (Å²) in [7, 11) is 4.16. The average Bonchev–Trinajstić information content (AvgIpc) is 3.25. The van der Waals surface area contributed by atoms with Crippen LogP contribution in [0.3, 0.4) is 0 Å². The highest BCUT2D eigenvalue weighted by Gasteiger charge is 2.24. The van der Waals surface area contributed by atoms with Crippen molar-refractivity contribution in [2.45, 2.75) is 19.0 Å². The molecule has 1 amide bonds. The number of amides is 1. The van der Waals surface area contributed by atoms with Crippen molar-refractivity contribution in [3.8, 4) is 0 Å². The van der Waals surface area contributed by atoms with E-state index in [4.69, 9.17) is 5.73 Å². The van der Waals surface area contributed by atoms with Gasteiger partial charge in [0.15, 0.2) is 0 Å². The van der Waals surface area contributed by atoms with Crippen LogP contribution < -0.4 is 16.4 Å². The van der Waals surface area contributed by atoms with Gasteiger partial charge in [-0.15, -0.1) is 0 Å². The number of nitrogens with zero attached hydrogens (tertiary/aromatic N) is 4. The first-order valence-corrected chi connectivity index (χ1v) is 11.0. The van der Waals surface area contributed by atoms with E-state index in [0.717, 1.165) is 54.8 Å². The van der Waals surface area contributed by atoms with E-state index in [1.54, 1.807) is 0 Å². The standard InChI is InChI=1S/C24H31N7O/c1-30(2)11-12-31-10-9-20(15-31)29-24(32)18-5-8-21-22(13-18)26-16-27-23(21)28-19-6-3-17(14-25)4-7-19/h3-8,13,16,20H,9-12,14-15,25H2,1-2H3,(H,29,32)(H,26,27,28). The molecule has 1 atom stereocenters. The lowest BCUT2D eigenvalue weighted by Crippen LogP contribution is -2.38. The molecule has 2 heterocycles. The number of hydrogen-bond donors (Lipinski definition) is 3. The maximum atomic E-state index is 12.8. The predicted octanol–water partition coefficient (Wildman–Crippen LogP) is 2.20. The quantitative estimate of drug-likeness (QED) is 0.501. The molecular formula is C24H31N7O. The molecule has 1 saturated heterocycles. The lowest BCUT2D eigenvalue weighted by molar-refractivity contribution is 0.0937. The van der Waals surface area contributed by atoms with Crippen molar-refractivity contribution >= 4 is 28.3 Å². The summed E-state index contributed by atoms with van der Waals surface area (Å²) in [6.45, 7) is 4.48. The molecular weight excluding hydrogens is 402 g/mol. The Morgan fingerprint density at radius 3 is 2.75 bits per heavy atom. The number of nitrogens with one attached hydrogen (secondary N) is 2. The van der Waals surface area contributed by atoms with Gasteiger partial charge >= 0.3 is 0 Å². The molecule has 1 aliphatic heterocycles. The normalized spacial score (nSPS) is 16.6. The zero-order valence-corrected chi connectivity index (χ0v) is 18.7. The van der Waals surface area contributed by atoms with Crippen LogP contribution in [0, 0.1) is 0 Å². The van der Waals surface area contributed by atoms with E-state index < -0.39 is 0 Å². The summed E-state index contributed by atoms with van der Waals surface area (Å²) in [5.74, 6) is 0.645. The van der Waals surface area contributed by atoms with Gasteiger partial charge in [-0.25, -0.2) is 9.97 Å². The first kappa shape index (κ1) is 22.1. The van der Waals surface area contributed by atoms with E-state index in [0.29, 0.717) is 17.9 Å². The number of benzene rings is 2. The molecule has 0 radical (unpaired) electrons. The molecule has 0 saturated carbocycles. The van der Waals surface area contributed by atoms with Gasteiger partial charge in [0.25, 0.3) is 5.91 Å². The fourth-order valence-electron chi connectivity index (χ4n) is 3.92. The summed E-state index contributed by atoms with van der Waals surface area (Å²) in [6.07, 6.45) is 2.49. The van der Waals surface area contributed by atoms with Gasteiger partial charge in [0.1, 0.15) is 12.1 Å². The van der Waals surface area contributed by atoms with Gasteiger partial charge in [-0.1, -0.05) is 12.1 Å². The van der Waals surface area contributed by atoms with E-state index in [-0.39, 0.29) is 11.9 Å². The van der Waals surface area contributed by atoms with Crippen molar-refractivity contribution in [3.63, 3.8) is 0 Å². The summed E-state index contributed by atoms with van der Waals surface area (Å²) < 4.78 is 0. The van der Waals surface area contributed by atoms with E-state index in [9.17, 15) is 4.79 Å². The van der Waals surface area contributed by atoms with Crippen molar-refractivity contribution < 1.29 is 4.79 Å². The van der Waals surface area contributed by atoms with E-state index in [1.807, 2.05) is 42.5 Å². The minimum absolute atomic E-state index is 0.0585. The minimum Gasteiger partial charge on any atom is -0.348 e. The Morgan fingerprint density at radius 1 is 1.19 bits per heavy atom. The molecule has 1 fully saturated rings. The lowest BCUT2D eigenvalue weighted by atomic mass is 10.1.